The van der Waals surface area contributed by atoms with Crippen LogP contribution in [0.4, 0.5) is 4.79 Å². The summed E-state index contributed by atoms with van der Waals surface area (Å²) in [6.07, 6.45) is 0. The van der Waals surface area contributed by atoms with Gasteiger partial charge in [0, 0.05) is 32.7 Å². The maximum absolute atomic E-state index is 11.8. The lowest BCUT2D eigenvalue weighted by Gasteiger charge is -2.34. The van der Waals surface area contributed by atoms with Gasteiger partial charge in [-0.25, -0.2) is 4.79 Å². The quantitative estimate of drug-likeness (QED) is 0.710. The zero-order chi connectivity index (χ0) is 15.2. The molecule has 7 nitrogen and oxygen atoms in total. The Balaban J connectivity index is 1.78. The number of carbonyl (C=O) groups is 2. The van der Waals surface area contributed by atoms with Crippen LogP contribution in [0.5, 0.6) is 5.75 Å². The fourth-order valence-corrected chi connectivity index (χ4v) is 2.34. The van der Waals surface area contributed by atoms with Gasteiger partial charge < -0.3 is 21.1 Å². The molecule has 0 bridgehead atoms. The number of hydrogen-bond acceptors (Lipinski definition) is 4. The lowest BCUT2D eigenvalue weighted by molar-refractivity contribution is -0.131. The van der Waals surface area contributed by atoms with E-state index in [0.29, 0.717) is 13.1 Å². The second-order valence-electron chi connectivity index (χ2n) is 5.04. The van der Waals surface area contributed by atoms with Crippen LogP contribution in [0.25, 0.3) is 0 Å². The summed E-state index contributed by atoms with van der Waals surface area (Å²) in [7, 11) is 0. The minimum absolute atomic E-state index is 0.0537. The molecule has 0 atom stereocenters. The predicted octanol–water partition coefficient (Wildman–Crippen LogP) is -0.295. The fraction of sp³-hybridized carbons (Fsp3) is 0.429. The maximum atomic E-state index is 11.8. The predicted molar refractivity (Wildman–Crippen MR) is 77.5 cm³/mol. The Morgan fingerprint density at radius 2 is 1.95 bits per heavy atom. The molecule has 21 heavy (non-hydrogen) atoms. The smallest absolute Gasteiger partial charge is 0.312 e. The minimum atomic E-state index is -0.689. The Morgan fingerprint density at radius 1 is 1.24 bits per heavy atom. The minimum Gasteiger partial charge on any atom is -0.508 e. The summed E-state index contributed by atoms with van der Waals surface area (Å²) in [5.74, 6) is 0.143. The number of primary amides is 1. The van der Waals surface area contributed by atoms with Gasteiger partial charge in [0.2, 0.25) is 5.91 Å². The van der Waals surface area contributed by atoms with E-state index in [1.54, 1.807) is 17.0 Å². The molecule has 0 unspecified atom stereocenters. The van der Waals surface area contributed by atoms with Crippen LogP contribution in [-0.4, -0.2) is 59.6 Å². The third-order valence-electron chi connectivity index (χ3n) is 3.46. The van der Waals surface area contributed by atoms with Crippen molar-refractivity contribution in [3.8, 4) is 5.75 Å². The number of nitrogens with zero attached hydrogens (tertiary/aromatic N) is 2. The molecular weight excluding hydrogens is 272 g/mol. The van der Waals surface area contributed by atoms with Gasteiger partial charge in [0.1, 0.15) is 5.75 Å². The van der Waals surface area contributed by atoms with E-state index in [2.05, 4.69) is 10.2 Å². The van der Waals surface area contributed by atoms with Gasteiger partial charge in [-0.05, 0) is 17.7 Å². The van der Waals surface area contributed by atoms with Gasteiger partial charge in [-0.2, -0.15) is 0 Å². The topological polar surface area (TPSA) is 98.9 Å². The molecule has 0 aliphatic carbocycles. The molecule has 1 saturated heterocycles. The molecule has 1 fully saturated rings. The Morgan fingerprint density at radius 3 is 2.57 bits per heavy atom. The second-order valence-corrected chi connectivity index (χ2v) is 5.04. The van der Waals surface area contributed by atoms with Crippen molar-refractivity contribution < 1.29 is 14.7 Å². The van der Waals surface area contributed by atoms with E-state index in [9.17, 15) is 14.7 Å². The van der Waals surface area contributed by atoms with Crippen LogP contribution in [0, 0.1) is 0 Å². The van der Waals surface area contributed by atoms with Crippen molar-refractivity contribution in [3.63, 3.8) is 0 Å². The van der Waals surface area contributed by atoms with Crippen molar-refractivity contribution in [2.75, 3.05) is 32.7 Å². The molecule has 4 N–H and O–H groups in total. The van der Waals surface area contributed by atoms with E-state index >= 15 is 0 Å². The van der Waals surface area contributed by atoms with E-state index in [-0.39, 0.29) is 18.2 Å². The highest BCUT2D eigenvalue weighted by atomic mass is 16.3. The molecule has 0 spiro atoms. The van der Waals surface area contributed by atoms with Gasteiger partial charge in [-0.1, -0.05) is 12.1 Å². The number of hydrogen-bond donors (Lipinski definition) is 3. The summed E-state index contributed by atoms with van der Waals surface area (Å²) in [6.45, 7) is 3.46. The number of phenolic OH excluding ortho intramolecular Hbond substituents is 1. The van der Waals surface area contributed by atoms with Crippen molar-refractivity contribution in [2.24, 2.45) is 5.73 Å². The number of piperazine rings is 1. The average Bonchev–Trinajstić information content (AvgIpc) is 2.45. The normalized spacial score (nSPS) is 15.7. The third kappa shape index (κ3) is 4.64. The molecule has 0 saturated carbocycles. The number of urea groups is 1. The number of aromatic hydroxyl groups is 1. The van der Waals surface area contributed by atoms with E-state index in [4.69, 9.17) is 5.73 Å². The fourth-order valence-electron chi connectivity index (χ4n) is 2.34. The maximum Gasteiger partial charge on any atom is 0.312 e. The zero-order valence-corrected chi connectivity index (χ0v) is 11.8. The van der Waals surface area contributed by atoms with Crippen molar-refractivity contribution in [3.05, 3.63) is 29.8 Å². The molecule has 7 heteroatoms. The Labute approximate surface area is 123 Å². The van der Waals surface area contributed by atoms with Crippen molar-refractivity contribution in [1.29, 1.82) is 0 Å². The molecule has 1 aliphatic rings. The molecule has 2 rings (SSSR count). The van der Waals surface area contributed by atoms with E-state index < -0.39 is 6.03 Å². The van der Waals surface area contributed by atoms with Gasteiger partial charge in [0.05, 0.1) is 6.54 Å². The van der Waals surface area contributed by atoms with Crippen LogP contribution in [0.15, 0.2) is 24.3 Å². The molecule has 114 valence electrons. The summed E-state index contributed by atoms with van der Waals surface area (Å²) in [5, 5.41) is 11.8. The average molecular weight is 292 g/mol. The highest BCUT2D eigenvalue weighted by Crippen LogP contribution is 2.14. The van der Waals surface area contributed by atoms with Crippen LogP contribution < -0.4 is 11.1 Å². The van der Waals surface area contributed by atoms with E-state index in [0.717, 1.165) is 25.2 Å². The molecule has 1 aromatic carbocycles. The van der Waals surface area contributed by atoms with Crippen molar-refractivity contribution in [2.45, 2.75) is 6.54 Å². The lowest BCUT2D eigenvalue weighted by Crippen LogP contribution is -2.51. The first kappa shape index (κ1) is 15.1. The van der Waals surface area contributed by atoms with Crippen molar-refractivity contribution in [1.82, 2.24) is 15.1 Å². The van der Waals surface area contributed by atoms with Crippen LogP contribution in [0.1, 0.15) is 5.56 Å². The van der Waals surface area contributed by atoms with Gasteiger partial charge in [-0.15, -0.1) is 0 Å². The summed E-state index contributed by atoms with van der Waals surface area (Å²) < 4.78 is 0. The number of benzene rings is 1. The molecule has 1 aromatic rings. The first-order valence-electron chi connectivity index (χ1n) is 6.86. The summed E-state index contributed by atoms with van der Waals surface area (Å²) >= 11 is 0. The standard InChI is InChI=1S/C14H20N4O3/c15-14(21)16-9-13(20)18-6-4-17(5-7-18)10-11-2-1-3-12(19)8-11/h1-3,8,19H,4-7,9-10H2,(H3,15,16,21). The van der Waals surface area contributed by atoms with Gasteiger partial charge in [0.15, 0.2) is 0 Å². The molecule has 1 aliphatic heterocycles. The molecular formula is C14H20N4O3. The molecule has 0 aromatic heterocycles. The van der Waals surface area contributed by atoms with E-state index in [1.807, 2.05) is 12.1 Å². The number of amides is 3. The second kappa shape index (κ2) is 6.94. The largest absolute Gasteiger partial charge is 0.508 e. The third-order valence-corrected chi connectivity index (χ3v) is 3.46. The highest BCUT2D eigenvalue weighted by molar-refractivity contribution is 5.83. The van der Waals surface area contributed by atoms with Gasteiger partial charge >= 0.3 is 6.03 Å². The number of carbonyl (C=O) groups excluding carboxylic acids is 2. The number of phenols is 1. The van der Waals surface area contributed by atoms with Gasteiger partial charge in [0.25, 0.3) is 0 Å². The van der Waals surface area contributed by atoms with Crippen molar-refractivity contribution >= 4 is 11.9 Å². The van der Waals surface area contributed by atoms with Crippen LogP contribution >= 0.6 is 0 Å². The molecule has 0 radical (unpaired) electrons. The van der Waals surface area contributed by atoms with Crippen LogP contribution in [0.2, 0.25) is 0 Å². The highest BCUT2D eigenvalue weighted by Gasteiger charge is 2.21. The summed E-state index contributed by atoms with van der Waals surface area (Å²) in [6, 6.07) is 6.49. The zero-order valence-electron chi connectivity index (χ0n) is 11.8. The summed E-state index contributed by atoms with van der Waals surface area (Å²) in [5.41, 5.74) is 5.99. The Hall–Kier alpha value is -2.28. The Kier molecular flexibility index (Phi) is 4.99. The lowest BCUT2D eigenvalue weighted by atomic mass is 10.2. The summed E-state index contributed by atoms with van der Waals surface area (Å²) in [4.78, 5) is 26.3. The van der Waals surface area contributed by atoms with Crippen LogP contribution in [0.3, 0.4) is 0 Å². The Bertz CT molecular complexity index is 513. The first-order chi connectivity index (χ1) is 10.0. The monoisotopic (exact) mass is 292 g/mol. The number of rotatable bonds is 4. The molecule has 3 amide bonds. The molecule has 1 heterocycles. The van der Waals surface area contributed by atoms with Gasteiger partial charge in [-0.3, -0.25) is 9.69 Å². The first-order valence-corrected chi connectivity index (χ1v) is 6.86. The number of nitrogens with one attached hydrogen (secondary N) is 1. The SMILES string of the molecule is NC(=O)NCC(=O)N1CCN(Cc2cccc(O)c2)CC1. The van der Waals surface area contributed by atoms with Crippen LogP contribution in [-0.2, 0) is 11.3 Å². The number of nitrogens with two attached hydrogens (primary N) is 1. The van der Waals surface area contributed by atoms with E-state index in [1.165, 1.54) is 0 Å².